The van der Waals surface area contributed by atoms with Crippen LogP contribution in [-0.2, 0) is 11.2 Å². The lowest BCUT2D eigenvalue weighted by Crippen LogP contribution is -2.48. The van der Waals surface area contributed by atoms with Crippen LogP contribution >= 0.6 is 0 Å². The number of hydrogen-bond donors (Lipinski definition) is 0. The molecule has 1 saturated heterocycles. The van der Waals surface area contributed by atoms with Gasteiger partial charge in [-0.25, -0.2) is 0 Å². The van der Waals surface area contributed by atoms with Gasteiger partial charge in [-0.05, 0) is 35.7 Å². The molecule has 1 fully saturated rings. The van der Waals surface area contributed by atoms with Crippen molar-refractivity contribution in [3.63, 3.8) is 0 Å². The minimum atomic E-state index is 0.235. The lowest BCUT2D eigenvalue weighted by molar-refractivity contribution is -0.135. The summed E-state index contributed by atoms with van der Waals surface area (Å²) in [7, 11) is 0. The molecule has 0 aromatic carbocycles. The molecule has 0 radical (unpaired) electrons. The number of carbonyl (C=O) groups is 1. The van der Waals surface area contributed by atoms with Crippen LogP contribution in [0.3, 0.4) is 0 Å². The third-order valence-corrected chi connectivity index (χ3v) is 3.76. The van der Waals surface area contributed by atoms with Crippen molar-refractivity contribution in [2.45, 2.75) is 18.8 Å². The third kappa shape index (κ3) is 2.85. The topological polar surface area (TPSA) is 46.1 Å². The van der Waals surface area contributed by atoms with Crippen molar-refractivity contribution in [2.75, 3.05) is 13.1 Å². The molecule has 0 atom stereocenters. The number of amides is 1. The van der Waals surface area contributed by atoms with Gasteiger partial charge in [0.15, 0.2) is 0 Å². The molecule has 0 unspecified atom stereocenters. The third-order valence-electron chi connectivity index (χ3n) is 3.76. The van der Waals surface area contributed by atoms with Gasteiger partial charge in [0.1, 0.15) is 0 Å². The molecule has 20 heavy (non-hydrogen) atoms. The van der Waals surface area contributed by atoms with E-state index in [2.05, 4.69) is 9.97 Å². The van der Waals surface area contributed by atoms with E-state index in [0.29, 0.717) is 12.3 Å². The van der Waals surface area contributed by atoms with E-state index >= 15 is 0 Å². The Morgan fingerprint density at radius 1 is 1.15 bits per heavy atom. The highest BCUT2D eigenvalue weighted by molar-refractivity contribution is 5.77. The molecule has 1 aliphatic heterocycles. The number of aromatic nitrogens is 2. The number of likely N-dealkylation sites (tertiary alicyclic amines) is 1. The van der Waals surface area contributed by atoms with Gasteiger partial charge in [0.25, 0.3) is 0 Å². The molecule has 4 nitrogen and oxygen atoms in total. The van der Waals surface area contributed by atoms with Gasteiger partial charge in [-0.2, -0.15) is 0 Å². The number of rotatable bonds is 4. The van der Waals surface area contributed by atoms with Crippen molar-refractivity contribution >= 4 is 5.91 Å². The average Bonchev–Trinajstić information content (AvgIpc) is 2.46. The first kappa shape index (κ1) is 12.8. The molecule has 1 amide bonds. The maximum atomic E-state index is 12.1. The van der Waals surface area contributed by atoms with Crippen LogP contribution in [0.5, 0.6) is 0 Å². The van der Waals surface area contributed by atoms with Crippen LogP contribution in [0.25, 0.3) is 0 Å². The second-order valence-electron chi connectivity index (χ2n) is 5.14. The Morgan fingerprint density at radius 2 is 1.95 bits per heavy atom. The molecule has 0 saturated carbocycles. The highest BCUT2D eigenvalue weighted by Crippen LogP contribution is 2.27. The monoisotopic (exact) mass is 267 g/mol. The van der Waals surface area contributed by atoms with Gasteiger partial charge in [-0.3, -0.25) is 14.8 Å². The quantitative estimate of drug-likeness (QED) is 0.851. The zero-order chi connectivity index (χ0) is 13.8. The van der Waals surface area contributed by atoms with Gasteiger partial charge in [0.2, 0.25) is 5.91 Å². The van der Waals surface area contributed by atoms with E-state index < -0.39 is 0 Å². The van der Waals surface area contributed by atoms with Crippen molar-refractivity contribution in [2.24, 2.45) is 0 Å². The second-order valence-corrected chi connectivity index (χ2v) is 5.14. The summed E-state index contributed by atoms with van der Waals surface area (Å²) in [5.74, 6) is 0.708. The van der Waals surface area contributed by atoms with E-state index in [9.17, 15) is 4.79 Å². The van der Waals surface area contributed by atoms with Crippen molar-refractivity contribution in [1.29, 1.82) is 0 Å². The van der Waals surface area contributed by atoms with Crippen LogP contribution in [0.2, 0.25) is 0 Å². The summed E-state index contributed by atoms with van der Waals surface area (Å²) >= 11 is 0. The summed E-state index contributed by atoms with van der Waals surface area (Å²) in [4.78, 5) is 22.1. The largest absolute Gasteiger partial charge is 0.341 e. The molecule has 3 rings (SSSR count). The number of aryl methyl sites for hydroxylation is 1. The van der Waals surface area contributed by atoms with E-state index in [1.165, 1.54) is 5.56 Å². The smallest absolute Gasteiger partial charge is 0.222 e. The van der Waals surface area contributed by atoms with E-state index in [1.54, 1.807) is 6.20 Å². The van der Waals surface area contributed by atoms with Crippen LogP contribution < -0.4 is 0 Å². The number of carbonyl (C=O) groups excluding carboxylic acids is 1. The van der Waals surface area contributed by atoms with Crippen LogP contribution in [0.4, 0.5) is 0 Å². The fourth-order valence-electron chi connectivity index (χ4n) is 2.48. The van der Waals surface area contributed by atoms with Gasteiger partial charge < -0.3 is 4.90 Å². The van der Waals surface area contributed by atoms with E-state index in [4.69, 9.17) is 0 Å². The zero-order valence-electron chi connectivity index (χ0n) is 11.3. The van der Waals surface area contributed by atoms with Crippen molar-refractivity contribution < 1.29 is 4.79 Å². The molecule has 0 N–H and O–H groups in total. The Kier molecular flexibility index (Phi) is 3.72. The molecule has 1 aliphatic rings. The Bertz CT molecular complexity index is 565. The highest BCUT2D eigenvalue weighted by atomic mass is 16.2. The predicted octanol–water partition coefficient (Wildman–Crippen LogP) is 2.04. The maximum Gasteiger partial charge on any atom is 0.222 e. The van der Waals surface area contributed by atoms with Gasteiger partial charge >= 0.3 is 0 Å². The summed E-state index contributed by atoms with van der Waals surface area (Å²) in [5.41, 5.74) is 2.39. The van der Waals surface area contributed by atoms with E-state index in [1.807, 2.05) is 47.8 Å². The van der Waals surface area contributed by atoms with Gasteiger partial charge in [0.05, 0.1) is 0 Å². The average molecular weight is 267 g/mol. The first-order chi connectivity index (χ1) is 9.83. The summed E-state index contributed by atoms with van der Waals surface area (Å²) < 4.78 is 0. The van der Waals surface area contributed by atoms with Gasteiger partial charge in [0, 0.05) is 50.2 Å². The standard InChI is InChI=1S/C16H17N3O/c20-16(4-3-13-2-1-7-18-10-13)19-11-15(12-19)14-5-8-17-9-6-14/h1-2,5-10,15H,3-4,11-12H2. The zero-order valence-corrected chi connectivity index (χ0v) is 11.3. The molecular weight excluding hydrogens is 250 g/mol. The SMILES string of the molecule is O=C(CCc1cccnc1)N1CC(c2ccncc2)C1. The van der Waals surface area contributed by atoms with Crippen molar-refractivity contribution in [1.82, 2.24) is 14.9 Å². The molecular formula is C16H17N3O. The predicted molar refractivity (Wildman–Crippen MR) is 76.1 cm³/mol. The maximum absolute atomic E-state index is 12.1. The molecule has 3 heterocycles. The summed E-state index contributed by atoms with van der Waals surface area (Å²) in [6.07, 6.45) is 8.52. The minimum absolute atomic E-state index is 0.235. The molecule has 2 aromatic heterocycles. The number of pyridine rings is 2. The second kappa shape index (κ2) is 5.82. The fraction of sp³-hybridized carbons (Fsp3) is 0.312. The van der Waals surface area contributed by atoms with Gasteiger partial charge in [-0.15, -0.1) is 0 Å². The van der Waals surface area contributed by atoms with Crippen LogP contribution in [0.1, 0.15) is 23.5 Å². The molecule has 102 valence electrons. The van der Waals surface area contributed by atoms with Crippen molar-refractivity contribution in [3.8, 4) is 0 Å². The van der Waals surface area contributed by atoms with Crippen LogP contribution in [0, 0.1) is 0 Å². The summed E-state index contributed by atoms with van der Waals surface area (Å²) in [6, 6.07) is 7.98. The molecule has 4 heteroatoms. The van der Waals surface area contributed by atoms with Crippen molar-refractivity contribution in [3.05, 3.63) is 60.2 Å². The lowest BCUT2D eigenvalue weighted by atomic mass is 9.92. The Hall–Kier alpha value is -2.23. The summed E-state index contributed by atoms with van der Waals surface area (Å²) in [5, 5.41) is 0. The Balaban J connectivity index is 1.47. The lowest BCUT2D eigenvalue weighted by Gasteiger charge is -2.39. The van der Waals surface area contributed by atoms with Crippen LogP contribution in [0.15, 0.2) is 49.1 Å². The number of hydrogen-bond acceptors (Lipinski definition) is 3. The Labute approximate surface area is 118 Å². The normalized spacial score (nSPS) is 14.9. The van der Waals surface area contributed by atoms with E-state index in [-0.39, 0.29) is 5.91 Å². The fourth-order valence-corrected chi connectivity index (χ4v) is 2.48. The first-order valence-electron chi connectivity index (χ1n) is 6.89. The molecule has 0 aliphatic carbocycles. The van der Waals surface area contributed by atoms with Crippen LogP contribution in [-0.4, -0.2) is 33.9 Å². The van der Waals surface area contributed by atoms with E-state index in [0.717, 1.165) is 25.1 Å². The highest BCUT2D eigenvalue weighted by Gasteiger charge is 2.31. The van der Waals surface area contributed by atoms with Gasteiger partial charge in [-0.1, -0.05) is 6.07 Å². The first-order valence-corrected chi connectivity index (χ1v) is 6.89. The Morgan fingerprint density at radius 3 is 2.65 bits per heavy atom. The minimum Gasteiger partial charge on any atom is -0.341 e. The summed E-state index contributed by atoms with van der Waals surface area (Å²) in [6.45, 7) is 1.66. The molecule has 2 aromatic rings. The molecule has 0 bridgehead atoms. The molecule has 0 spiro atoms. The number of nitrogens with zero attached hydrogens (tertiary/aromatic N) is 3.